The molecule has 1 heterocycles. The first kappa shape index (κ1) is 11.2. The average Bonchev–Trinajstić information content (AvgIpc) is 2.21. The molecule has 0 radical (unpaired) electrons. The predicted octanol–water partition coefficient (Wildman–Crippen LogP) is 1.73. The number of rotatable bonds is 1. The van der Waals surface area contributed by atoms with Gasteiger partial charge >= 0.3 is 11.6 Å². The van der Waals surface area contributed by atoms with E-state index >= 15 is 0 Å². The lowest BCUT2D eigenvalue weighted by atomic mass is 10.1. The average molecular weight is 234 g/mol. The fraction of sp³-hybridized carbons (Fsp3) is 0.167. The van der Waals surface area contributed by atoms with Gasteiger partial charge in [0.05, 0.1) is 0 Å². The van der Waals surface area contributed by atoms with E-state index < -0.39 is 11.6 Å². The zero-order chi connectivity index (χ0) is 12.6. The van der Waals surface area contributed by atoms with E-state index in [1.807, 2.05) is 0 Å². The molecule has 2 aromatic rings. The van der Waals surface area contributed by atoms with E-state index in [0.717, 1.165) is 0 Å². The summed E-state index contributed by atoms with van der Waals surface area (Å²) in [5, 5.41) is 10.2. The lowest BCUT2D eigenvalue weighted by Gasteiger charge is -2.07. The van der Waals surface area contributed by atoms with Crippen LogP contribution < -0.4 is 10.4 Å². The number of hydrogen-bond acceptors (Lipinski definition) is 5. The van der Waals surface area contributed by atoms with Crippen LogP contribution in [-0.4, -0.2) is 11.1 Å². The predicted molar refractivity (Wildman–Crippen MR) is 60.2 cm³/mol. The van der Waals surface area contributed by atoms with Crippen molar-refractivity contribution >= 4 is 16.9 Å². The Balaban J connectivity index is 2.84. The lowest BCUT2D eigenvalue weighted by molar-refractivity contribution is -0.131. The summed E-state index contributed by atoms with van der Waals surface area (Å²) in [5.41, 5.74) is 0.198. The molecule has 0 saturated heterocycles. The summed E-state index contributed by atoms with van der Waals surface area (Å²) in [7, 11) is 0. The molecule has 0 saturated carbocycles. The second-order valence-corrected chi connectivity index (χ2v) is 3.63. The quantitative estimate of drug-likeness (QED) is 0.462. The summed E-state index contributed by atoms with van der Waals surface area (Å²) >= 11 is 0. The van der Waals surface area contributed by atoms with Gasteiger partial charge in [0.15, 0.2) is 11.3 Å². The van der Waals surface area contributed by atoms with E-state index in [0.29, 0.717) is 10.9 Å². The number of phenols is 1. The van der Waals surface area contributed by atoms with Crippen LogP contribution in [-0.2, 0) is 4.79 Å². The third-order valence-electron chi connectivity index (χ3n) is 2.30. The molecule has 5 heteroatoms. The van der Waals surface area contributed by atoms with Gasteiger partial charge in [-0.25, -0.2) is 4.79 Å². The van der Waals surface area contributed by atoms with E-state index in [2.05, 4.69) is 0 Å². The summed E-state index contributed by atoms with van der Waals surface area (Å²) < 4.78 is 9.81. The van der Waals surface area contributed by atoms with Gasteiger partial charge in [0.25, 0.3) is 0 Å². The van der Waals surface area contributed by atoms with Gasteiger partial charge in [0.2, 0.25) is 5.75 Å². The van der Waals surface area contributed by atoms with Crippen molar-refractivity contribution in [2.24, 2.45) is 0 Å². The van der Waals surface area contributed by atoms with Crippen molar-refractivity contribution in [1.82, 2.24) is 0 Å². The zero-order valence-electron chi connectivity index (χ0n) is 9.31. The maximum absolute atomic E-state index is 11.3. The van der Waals surface area contributed by atoms with Gasteiger partial charge in [-0.1, -0.05) is 0 Å². The Hall–Kier alpha value is -2.30. The van der Waals surface area contributed by atoms with Gasteiger partial charge in [-0.3, -0.25) is 4.79 Å². The molecule has 0 bridgehead atoms. The van der Waals surface area contributed by atoms with Crippen molar-refractivity contribution < 1.29 is 19.1 Å². The smallest absolute Gasteiger partial charge is 0.336 e. The maximum Gasteiger partial charge on any atom is 0.336 e. The van der Waals surface area contributed by atoms with Gasteiger partial charge in [0.1, 0.15) is 0 Å². The fourth-order valence-electron chi connectivity index (χ4n) is 1.59. The molecule has 0 fully saturated rings. The van der Waals surface area contributed by atoms with Crippen LogP contribution in [0.3, 0.4) is 0 Å². The SMILES string of the molecule is CC(=O)Oc1c(O)ccc2c(C)cc(=O)oc12. The molecule has 0 unspecified atom stereocenters. The third kappa shape index (κ3) is 1.99. The van der Waals surface area contributed by atoms with E-state index in [4.69, 9.17) is 9.15 Å². The molecule has 0 aliphatic heterocycles. The summed E-state index contributed by atoms with van der Waals surface area (Å²) in [5.74, 6) is -0.978. The summed E-state index contributed by atoms with van der Waals surface area (Å²) in [4.78, 5) is 22.2. The minimum Gasteiger partial charge on any atom is -0.504 e. The second-order valence-electron chi connectivity index (χ2n) is 3.63. The van der Waals surface area contributed by atoms with Crippen LogP contribution in [0.5, 0.6) is 11.5 Å². The van der Waals surface area contributed by atoms with Gasteiger partial charge < -0.3 is 14.3 Å². The summed E-state index contributed by atoms with van der Waals surface area (Å²) in [6.07, 6.45) is 0. The summed E-state index contributed by atoms with van der Waals surface area (Å²) in [6.45, 7) is 2.93. The molecule has 17 heavy (non-hydrogen) atoms. The molecule has 1 aromatic carbocycles. The molecular formula is C12H10O5. The molecule has 0 atom stereocenters. The molecule has 5 nitrogen and oxygen atoms in total. The molecule has 1 aromatic heterocycles. The van der Waals surface area contributed by atoms with E-state index in [1.54, 1.807) is 13.0 Å². The second kappa shape index (κ2) is 3.93. The van der Waals surface area contributed by atoms with Crippen LogP contribution in [0.1, 0.15) is 12.5 Å². The molecule has 88 valence electrons. The standard InChI is InChI=1S/C12H10O5/c1-6-5-10(15)17-11-8(6)3-4-9(14)12(11)16-7(2)13/h3-5,14H,1-2H3. The van der Waals surface area contributed by atoms with Gasteiger partial charge in [-0.05, 0) is 24.6 Å². The number of phenolic OH excluding ortho intramolecular Hbond substituents is 1. The largest absolute Gasteiger partial charge is 0.504 e. The highest BCUT2D eigenvalue weighted by Crippen LogP contribution is 2.35. The highest BCUT2D eigenvalue weighted by Gasteiger charge is 2.14. The van der Waals surface area contributed by atoms with Crippen molar-refractivity contribution in [2.75, 3.05) is 0 Å². The van der Waals surface area contributed by atoms with Crippen LogP contribution in [0.4, 0.5) is 0 Å². The molecular weight excluding hydrogens is 224 g/mol. The van der Waals surface area contributed by atoms with Crippen molar-refractivity contribution in [2.45, 2.75) is 13.8 Å². The Morgan fingerprint density at radius 3 is 2.76 bits per heavy atom. The topological polar surface area (TPSA) is 76.7 Å². The Morgan fingerprint density at radius 2 is 2.12 bits per heavy atom. The minimum absolute atomic E-state index is 0.0743. The first-order chi connectivity index (χ1) is 7.99. The molecule has 2 rings (SSSR count). The van der Waals surface area contributed by atoms with Gasteiger partial charge in [-0.15, -0.1) is 0 Å². The Kier molecular flexibility index (Phi) is 2.59. The van der Waals surface area contributed by atoms with E-state index in [9.17, 15) is 14.7 Å². The summed E-state index contributed by atoms with van der Waals surface area (Å²) in [6, 6.07) is 4.31. The Labute approximate surface area is 96.2 Å². The minimum atomic E-state index is -0.600. The number of carbonyl (C=O) groups excluding carboxylic acids is 1. The molecule has 0 spiro atoms. The molecule has 0 aliphatic rings. The number of aromatic hydroxyl groups is 1. The number of carbonyl (C=O) groups is 1. The monoisotopic (exact) mass is 234 g/mol. The van der Waals surface area contributed by atoms with Crippen LogP contribution in [0.25, 0.3) is 11.0 Å². The third-order valence-corrected chi connectivity index (χ3v) is 2.30. The van der Waals surface area contributed by atoms with Crippen LogP contribution in [0, 0.1) is 6.92 Å². The number of fused-ring (bicyclic) bond motifs is 1. The fourth-order valence-corrected chi connectivity index (χ4v) is 1.59. The zero-order valence-corrected chi connectivity index (χ0v) is 9.31. The van der Waals surface area contributed by atoms with Crippen LogP contribution in [0.15, 0.2) is 27.4 Å². The van der Waals surface area contributed by atoms with Crippen molar-refractivity contribution in [3.8, 4) is 11.5 Å². The van der Waals surface area contributed by atoms with Crippen molar-refractivity contribution in [3.63, 3.8) is 0 Å². The Morgan fingerprint density at radius 1 is 1.41 bits per heavy atom. The number of esters is 1. The van der Waals surface area contributed by atoms with Gasteiger partial charge in [-0.2, -0.15) is 0 Å². The van der Waals surface area contributed by atoms with Crippen molar-refractivity contribution in [1.29, 1.82) is 0 Å². The highest BCUT2D eigenvalue weighted by molar-refractivity contribution is 5.89. The van der Waals surface area contributed by atoms with Crippen LogP contribution in [0.2, 0.25) is 0 Å². The maximum atomic E-state index is 11.3. The van der Waals surface area contributed by atoms with Crippen LogP contribution >= 0.6 is 0 Å². The van der Waals surface area contributed by atoms with E-state index in [-0.39, 0.29) is 17.1 Å². The van der Waals surface area contributed by atoms with E-state index in [1.165, 1.54) is 19.1 Å². The number of ether oxygens (including phenoxy) is 1. The Bertz CT molecular complexity index is 654. The number of benzene rings is 1. The molecule has 1 N–H and O–H groups in total. The highest BCUT2D eigenvalue weighted by atomic mass is 16.5. The molecule has 0 amide bonds. The first-order valence-electron chi connectivity index (χ1n) is 4.94. The van der Waals surface area contributed by atoms with Gasteiger partial charge in [0, 0.05) is 18.4 Å². The van der Waals surface area contributed by atoms with Crippen molar-refractivity contribution in [3.05, 3.63) is 34.2 Å². The normalized spacial score (nSPS) is 10.5. The number of aryl methyl sites for hydroxylation is 1. The number of hydrogen-bond donors (Lipinski definition) is 1. The lowest BCUT2D eigenvalue weighted by Crippen LogP contribution is -2.04. The first-order valence-corrected chi connectivity index (χ1v) is 4.94. The molecule has 0 aliphatic carbocycles.